The number of para-hydroxylation sites is 1. The van der Waals surface area contributed by atoms with Crippen molar-refractivity contribution in [3.8, 4) is 0 Å². The first-order valence-corrected chi connectivity index (χ1v) is 6.95. The number of nitrogens with one attached hydrogen (secondary N) is 1. The zero-order valence-corrected chi connectivity index (χ0v) is 9.55. The Kier molecular flexibility index (Phi) is 2.86. The summed E-state index contributed by atoms with van der Waals surface area (Å²) in [6.07, 6.45) is 1.88. The van der Waals surface area contributed by atoms with E-state index < -0.39 is 9.24 Å². The fourth-order valence-electron chi connectivity index (χ4n) is 1.76. The molecular formula is C9H11ClN2O2S. The molecule has 0 unspecified atom stereocenters. The largest absolute Gasteiger partial charge is 0.314 e. The normalized spacial score (nSPS) is 16.2. The van der Waals surface area contributed by atoms with E-state index in [0.29, 0.717) is 6.54 Å². The maximum absolute atomic E-state index is 10.9. The number of hydrazine groups is 1. The van der Waals surface area contributed by atoms with Gasteiger partial charge in [-0.3, -0.25) is 5.01 Å². The van der Waals surface area contributed by atoms with Gasteiger partial charge in [-0.05, 0) is 24.5 Å². The first-order chi connectivity index (χ1) is 7.06. The van der Waals surface area contributed by atoms with Gasteiger partial charge in [0.25, 0.3) is 0 Å². The first-order valence-electron chi connectivity index (χ1n) is 4.64. The van der Waals surface area contributed by atoms with Gasteiger partial charge in [-0.1, -0.05) is 18.2 Å². The maximum atomic E-state index is 10.9. The van der Waals surface area contributed by atoms with Gasteiger partial charge in [0.15, 0.2) is 0 Å². The highest BCUT2D eigenvalue weighted by Crippen LogP contribution is 2.25. The third kappa shape index (κ3) is 2.62. The number of fused-ring (bicyclic) bond motifs is 1. The van der Waals surface area contributed by atoms with Gasteiger partial charge in [-0.25, -0.2) is 0 Å². The van der Waals surface area contributed by atoms with Crippen LogP contribution in [0.4, 0.5) is 5.69 Å². The Labute approximate surface area is 93.4 Å². The van der Waals surface area contributed by atoms with E-state index in [-0.39, 0.29) is 0 Å². The molecule has 0 aliphatic carbocycles. The van der Waals surface area contributed by atoms with Crippen molar-refractivity contribution in [1.29, 1.82) is 0 Å². The van der Waals surface area contributed by atoms with Crippen LogP contribution in [0.1, 0.15) is 12.0 Å². The number of anilines is 1. The second-order valence-corrected chi connectivity index (χ2v) is 5.69. The van der Waals surface area contributed by atoms with E-state index in [4.69, 9.17) is 10.7 Å². The van der Waals surface area contributed by atoms with Crippen molar-refractivity contribution in [2.45, 2.75) is 12.8 Å². The SMILES string of the molecule is O=S(=O)(Cl)NN1CCCc2ccccc21. The second-order valence-electron chi connectivity index (χ2n) is 3.41. The summed E-state index contributed by atoms with van der Waals surface area (Å²) in [5, 5.41) is 1.57. The maximum Gasteiger partial charge on any atom is 0.314 e. The van der Waals surface area contributed by atoms with Crippen LogP contribution in [0.3, 0.4) is 0 Å². The summed E-state index contributed by atoms with van der Waals surface area (Å²) in [5.74, 6) is 0. The summed E-state index contributed by atoms with van der Waals surface area (Å²) in [6.45, 7) is 0.642. The summed E-state index contributed by atoms with van der Waals surface area (Å²) in [7, 11) is 1.43. The van der Waals surface area contributed by atoms with Gasteiger partial charge in [0.05, 0.1) is 5.69 Å². The summed E-state index contributed by atoms with van der Waals surface area (Å²) < 4.78 is 21.8. The fraction of sp³-hybridized carbons (Fsp3) is 0.333. The molecule has 1 aromatic rings. The number of rotatable bonds is 2. The average Bonchev–Trinajstić information content (AvgIpc) is 2.16. The molecule has 15 heavy (non-hydrogen) atoms. The molecule has 0 amide bonds. The van der Waals surface area contributed by atoms with Crippen LogP contribution >= 0.6 is 10.7 Å². The van der Waals surface area contributed by atoms with Crippen LogP contribution < -0.4 is 9.84 Å². The molecule has 4 nitrogen and oxygen atoms in total. The van der Waals surface area contributed by atoms with Gasteiger partial charge < -0.3 is 0 Å². The molecule has 0 atom stereocenters. The lowest BCUT2D eigenvalue weighted by Crippen LogP contribution is -2.43. The number of benzene rings is 1. The minimum absolute atomic E-state index is 0.642. The van der Waals surface area contributed by atoms with Gasteiger partial charge in [0.2, 0.25) is 0 Å². The molecular weight excluding hydrogens is 236 g/mol. The highest BCUT2D eigenvalue weighted by molar-refractivity contribution is 8.12. The van der Waals surface area contributed by atoms with Crippen molar-refractivity contribution in [2.24, 2.45) is 0 Å². The van der Waals surface area contributed by atoms with Gasteiger partial charge in [-0.15, -0.1) is 4.83 Å². The smallest absolute Gasteiger partial charge is 0.294 e. The molecule has 1 aliphatic heterocycles. The van der Waals surface area contributed by atoms with Crippen molar-refractivity contribution in [2.75, 3.05) is 11.6 Å². The minimum atomic E-state index is -3.72. The molecule has 1 aromatic carbocycles. The van der Waals surface area contributed by atoms with Crippen molar-refractivity contribution in [1.82, 2.24) is 4.83 Å². The average molecular weight is 247 g/mol. The van der Waals surface area contributed by atoms with E-state index >= 15 is 0 Å². The standard InChI is InChI=1S/C9H11ClN2O2S/c10-15(13,14)11-12-7-3-5-8-4-1-2-6-9(8)12/h1-2,4,6,11H,3,5,7H2. The highest BCUT2D eigenvalue weighted by Gasteiger charge is 2.19. The van der Waals surface area contributed by atoms with E-state index in [9.17, 15) is 8.42 Å². The predicted octanol–water partition coefficient (Wildman–Crippen LogP) is 1.43. The van der Waals surface area contributed by atoms with Crippen molar-refractivity contribution in [3.63, 3.8) is 0 Å². The minimum Gasteiger partial charge on any atom is -0.294 e. The van der Waals surface area contributed by atoms with Crippen LogP contribution in [0.2, 0.25) is 0 Å². The third-order valence-corrected chi connectivity index (χ3v) is 2.97. The van der Waals surface area contributed by atoms with Gasteiger partial charge in [-0.2, -0.15) is 8.42 Å². The van der Waals surface area contributed by atoms with E-state index in [2.05, 4.69) is 4.83 Å². The summed E-state index contributed by atoms with van der Waals surface area (Å²) >= 11 is 0. The summed E-state index contributed by atoms with van der Waals surface area (Å²) in [5.41, 5.74) is 2.02. The molecule has 2 rings (SSSR count). The number of aryl methyl sites for hydroxylation is 1. The zero-order chi connectivity index (χ0) is 10.9. The molecule has 0 saturated heterocycles. The molecule has 82 valence electrons. The van der Waals surface area contributed by atoms with Crippen molar-refractivity contribution >= 4 is 25.6 Å². The number of hydrogen-bond donors (Lipinski definition) is 1. The van der Waals surface area contributed by atoms with Gasteiger partial charge in [0.1, 0.15) is 0 Å². The van der Waals surface area contributed by atoms with Crippen LogP contribution in [0.25, 0.3) is 0 Å². The topological polar surface area (TPSA) is 49.4 Å². The van der Waals surface area contributed by atoms with Gasteiger partial charge >= 0.3 is 9.24 Å². The lowest BCUT2D eigenvalue weighted by molar-refractivity contribution is 0.583. The quantitative estimate of drug-likeness (QED) is 0.804. The van der Waals surface area contributed by atoms with E-state index in [1.165, 1.54) is 0 Å². The predicted molar refractivity (Wildman–Crippen MR) is 60.0 cm³/mol. The molecule has 6 heteroatoms. The third-order valence-electron chi connectivity index (χ3n) is 2.33. The molecule has 0 fully saturated rings. The van der Waals surface area contributed by atoms with Crippen LogP contribution in [0.5, 0.6) is 0 Å². The molecule has 0 saturated carbocycles. The Morgan fingerprint density at radius 3 is 2.80 bits per heavy atom. The molecule has 1 heterocycles. The zero-order valence-electron chi connectivity index (χ0n) is 7.98. The fourth-order valence-corrected chi connectivity index (χ4v) is 2.46. The number of nitrogens with zero attached hydrogens (tertiary/aromatic N) is 1. The Hall–Kier alpha value is -0.780. The molecule has 1 N–H and O–H groups in total. The molecule has 1 aliphatic rings. The van der Waals surface area contributed by atoms with Crippen LogP contribution in [0, 0.1) is 0 Å². The van der Waals surface area contributed by atoms with Crippen LogP contribution in [0.15, 0.2) is 24.3 Å². The molecule has 0 bridgehead atoms. The Morgan fingerprint density at radius 2 is 2.07 bits per heavy atom. The Balaban J connectivity index is 2.30. The van der Waals surface area contributed by atoms with Crippen LogP contribution in [-0.4, -0.2) is 15.0 Å². The highest BCUT2D eigenvalue weighted by atomic mass is 35.7. The number of halogens is 1. The van der Waals surface area contributed by atoms with Crippen molar-refractivity contribution < 1.29 is 8.42 Å². The first kappa shape index (κ1) is 10.7. The molecule has 0 spiro atoms. The van der Waals surface area contributed by atoms with Crippen LogP contribution in [-0.2, 0) is 15.7 Å². The van der Waals surface area contributed by atoms with E-state index in [1.807, 2.05) is 24.3 Å². The lowest BCUT2D eigenvalue weighted by atomic mass is 10.0. The second kappa shape index (κ2) is 4.00. The lowest BCUT2D eigenvalue weighted by Gasteiger charge is -2.29. The number of hydrogen-bond acceptors (Lipinski definition) is 3. The van der Waals surface area contributed by atoms with Gasteiger partial charge in [0, 0.05) is 17.2 Å². The monoisotopic (exact) mass is 246 g/mol. The van der Waals surface area contributed by atoms with E-state index in [0.717, 1.165) is 24.1 Å². The van der Waals surface area contributed by atoms with E-state index in [1.54, 1.807) is 5.01 Å². The summed E-state index contributed by atoms with van der Waals surface area (Å²) in [6, 6.07) is 7.69. The molecule has 0 aromatic heterocycles. The summed E-state index contributed by atoms with van der Waals surface area (Å²) in [4.78, 5) is 2.29. The Morgan fingerprint density at radius 1 is 1.33 bits per heavy atom. The molecule has 0 radical (unpaired) electrons. The van der Waals surface area contributed by atoms with Crippen molar-refractivity contribution in [3.05, 3.63) is 29.8 Å². The Bertz CT molecular complexity index is 461.